The number of halogens is 1. The van der Waals surface area contributed by atoms with Crippen LogP contribution in [0.25, 0.3) is 0 Å². The van der Waals surface area contributed by atoms with E-state index in [0.717, 1.165) is 14.8 Å². The van der Waals surface area contributed by atoms with Gasteiger partial charge < -0.3 is 5.73 Å². The lowest BCUT2D eigenvalue weighted by molar-refractivity contribution is 1.59. The van der Waals surface area contributed by atoms with Gasteiger partial charge in [-0.05, 0) is 40.8 Å². The first-order valence-corrected chi connectivity index (χ1v) is 3.83. The van der Waals surface area contributed by atoms with Gasteiger partial charge in [0.05, 0.1) is 0 Å². The van der Waals surface area contributed by atoms with Gasteiger partial charge in [0, 0.05) is 14.8 Å². The topological polar surface area (TPSA) is 26.0 Å². The molecular formula is C8H6IN. The van der Waals surface area contributed by atoms with E-state index in [9.17, 15) is 0 Å². The summed E-state index contributed by atoms with van der Waals surface area (Å²) in [5.74, 6) is 2.52. The largest absolute Gasteiger partial charge is 0.399 e. The van der Waals surface area contributed by atoms with Crippen molar-refractivity contribution in [1.29, 1.82) is 0 Å². The van der Waals surface area contributed by atoms with Crippen LogP contribution in [0.2, 0.25) is 0 Å². The Labute approximate surface area is 73.8 Å². The fourth-order valence-corrected chi connectivity index (χ4v) is 1.39. The van der Waals surface area contributed by atoms with Gasteiger partial charge in [-0.2, -0.15) is 0 Å². The van der Waals surface area contributed by atoms with Gasteiger partial charge in [0.25, 0.3) is 0 Å². The van der Waals surface area contributed by atoms with Crippen molar-refractivity contribution in [2.75, 3.05) is 5.73 Å². The Hall–Kier alpha value is -0.690. The number of rotatable bonds is 0. The fraction of sp³-hybridized carbons (Fsp3) is 0. The van der Waals surface area contributed by atoms with Crippen molar-refractivity contribution in [1.82, 2.24) is 0 Å². The predicted molar refractivity (Wildman–Crippen MR) is 51.5 cm³/mol. The molecule has 0 saturated carbocycles. The monoisotopic (exact) mass is 243 g/mol. The molecule has 2 heteroatoms. The van der Waals surface area contributed by atoms with Crippen LogP contribution in [-0.4, -0.2) is 0 Å². The molecule has 0 bridgehead atoms. The predicted octanol–water partition coefficient (Wildman–Crippen LogP) is 1.85. The van der Waals surface area contributed by atoms with Crippen LogP contribution < -0.4 is 5.73 Å². The molecule has 0 atom stereocenters. The smallest absolute Gasteiger partial charge is 0.0337 e. The number of benzene rings is 1. The highest BCUT2D eigenvalue weighted by atomic mass is 127. The Balaban J connectivity index is 3.22. The standard InChI is InChI=1S/C8H6IN/c1-2-6-3-7(9)5-8(10)4-6/h1,3-5H,10H2. The van der Waals surface area contributed by atoms with Crippen LogP contribution in [0.4, 0.5) is 5.69 Å². The molecule has 2 N–H and O–H groups in total. The lowest BCUT2D eigenvalue weighted by Crippen LogP contribution is -1.86. The van der Waals surface area contributed by atoms with Crippen LogP contribution in [0, 0.1) is 15.9 Å². The Bertz CT molecular complexity index is 266. The summed E-state index contributed by atoms with van der Waals surface area (Å²) in [5.41, 5.74) is 7.09. The fourth-order valence-electron chi connectivity index (χ4n) is 0.696. The first-order chi connectivity index (χ1) is 4.72. The SMILES string of the molecule is C#Cc1cc(N)cc(I)c1. The molecule has 0 unspecified atom stereocenters. The summed E-state index contributed by atoms with van der Waals surface area (Å²) in [4.78, 5) is 0. The second-order valence-corrected chi connectivity index (χ2v) is 3.16. The van der Waals surface area contributed by atoms with E-state index < -0.39 is 0 Å². The minimum atomic E-state index is 0.722. The van der Waals surface area contributed by atoms with Crippen LogP contribution >= 0.6 is 22.6 Å². The second kappa shape index (κ2) is 2.93. The lowest BCUT2D eigenvalue weighted by Gasteiger charge is -1.95. The summed E-state index contributed by atoms with van der Waals surface area (Å²) in [6, 6.07) is 5.57. The molecule has 1 aromatic rings. The molecular weight excluding hydrogens is 237 g/mol. The van der Waals surface area contributed by atoms with E-state index >= 15 is 0 Å². The summed E-state index contributed by atoms with van der Waals surface area (Å²) in [7, 11) is 0. The molecule has 10 heavy (non-hydrogen) atoms. The van der Waals surface area contributed by atoms with E-state index in [-0.39, 0.29) is 0 Å². The first-order valence-electron chi connectivity index (χ1n) is 2.75. The Morgan fingerprint density at radius 2 is 2.10 bits per heavy atom. The van der Waals surface area contributed by atoms with Gasteiger partial charge in [-0.15, -0.1) is 6.42 Å². The quantitative estimate of drug-likeness (QED) is 0.420. The first kappa shape index (κ1) is 7.42. The average Bonchev–Trinajstić information content (AvgIpc) is 1.85. The third-order valence-corrected chi connectivity index (χ3v) is 1.71. The van der Waals surface area contributed by atoms with Crippen LogP contribution in [0.5, 0.6) is 0 Å². The van der Waals surface area contributed by atoms with Crippen LogP contribution in [0.15, 0.2) is 18.2 Å². The van der Waals surface area contributed by atoms with Crippen molar-refractivity contribution >= 4 is 28.3 Å². The molecule has 1 rings (SSSR count). The van der Waals surface area contributed by atoms with E-state index in [2.05, 4.69) is 28.5 Å². The third kappa shape index (κ3) is 1.64. The van der Waals surface area contributed by atoms with Gasteiger partial charge in [-0.1, -0.05) is 5.92 Å². The number of nitrogens with two attached hydrogens (primary N) is 1. The molecule has 0 saturated heterocycles. The van der Waals surface area contributed by atoms with Crippen LogP contribution in [-0.2, 0) is 0 Å². The van der Waals surface area contributed by atoms with Gasteiger partial charge in [0.15, 0.2) is 0 Å². The second-order valence-electron chi connectivity index (χ2n) is 1.92. The molecule has 1 aromatic carbocycles. The van der Waals surface area contributed by atoms with E-state index in [1.54, 1.807) is 6.07 Å². The number of anilines is 1. The van der Waals surface area contributed by atoms with E-state index in [1.165, 1.54) is 0 Å². The summed E-state index contributed by atoms with van der Waals surface area (Å²) in [6.45, 7) is 0. The maximum Gasteiger partial charge on any atom is 0.0337 e. The molecule has 0 radical (unpaired) electrons. The minimum Gasteiger partial charge on any atom is -0.399 e. The van der Waals surface area contributed by atoms with Gasteiger partial charge in [-0.3, -0.25) is 0 Å². The van der Waals surface area contributed by atoms with Crippen molar-refractivity contribution < 1.29 is 0 Å². The van der Waals surface area contributed by atoms with Crippen molar-refractivity contribution in [3.8, 4) is 12.3 Å². The van der Waals surface area contributed by atoms with E-state index in [0.29, 0.717) is 0 Å². The highest BCUT2D eigenvalue weighted by molar-refractivity contribution is 14.1. The van der Waals surface area contributed by atoms with E-state index in [4.69, 9.17) is 12.2 Å². The normalized spacial score (nSPS) is 8.80. The van der Waals surface area contributed by atoms with Crippen LogP contribution in [0.1, 0.15) is 5.56 Å². The van der Waals surface area contributed by atoms with Crippen molar-refractivity contribution in [3.63, 3.8) is 0 Å². The Morgan fingerprint density at radius 1 is 1.40 bits per heavy atom. The average molecular weight is 243 g/mol. The molecule has 0 spiro atoms. The molecule has 0 aliphatic rings. The molecule has 0 fully saturated rings. The highest BCUT2D eigenvalue weighted by Gasteiger charge is 1.91. The summed E-state index contributed by atoms with van der Waals surface area (Å²) < 4.78 is 1.07. The number of hydrogen-bond donors (Lipinski definition) is 1. The van der Waals surface area contributed by atoms with Crippen molar-refractivity contribution in [3.05, 3.63) is 27.3 Å². The molecule has 1 nitrogen and oxygen atoms in total. The molecule has 0 amide bonds. The molecule has 0 heterocycles. The maximum absolute atomic E-state index is 5.53. The van der Waals surface area contributed by atoms with Gasteiger partial charge in [0.1, 0.15) is 0 Å². The highest BCUT2D eigenvalue weighted by Crippen LogP contribution is 2.12. The van der Waals surface area contributed by atoms with Crippen LogP contribution in [0.3, 0.4) is 0 Å². The maximum atomic E-state index is 5.53. The van der Waals surface area contributed by atoms with Gasteiger partial charge in [0.2, 0.25) is 0 Å². The number of nitrogen functional groups attached to an aromatic ring is 1. The summed E-state index contributed by atoms with van der Waals surface area (Å²) in [5, 5.41) is 0. The zero-order valence-electron chi connectivity index (χ0n) is 5.26. The molecule has 50 valence electrons. The van der Waals surface area contributed by atoms with Gasteiger partial charge in [-0.25, -0.2) is 0 Å². The van der Waals surface area contributed by atoms with Gasteiger partial charge >= 0.3 is 0 Å². The molecule has 0 aliphatic carbocycles. The van der Waals surface area contributed by atoms with E-state index in [1.807, 2.05) is 12.1 Å². The van der Waals surface area contributed by atoms with Crippen molar-refractivity contribution in [2.45, 2.75) is 0 Å². The Kier molecular flexibility index (Phi) is 2.17. The lowest BCUT2D eigenvalue weighted by atomic mass is 10.2. The summed E-state index contributed by atoms with van der Waals surface area (Å²) >= 11 is 2.18. The third-order valence-electron chi connectivity index (χ3n) is 1.09. The molecule has 0 aromatic heterocycles. The minimum absolute atomic E-state index is 0.722. The van der Waals surface area contributed by atoms with Crippen molar-refractivity contribution in [2.24, 2.45) is 0 Å². The number of hydrogen-bond acceptors (Lipinski definition) is 1. The Morgan fingerprint density at radius 3 is 2.60 bits per heavy atom. The summed E-state index contributed by atoms with van der Waals surface area (Å²) in [6.07, 6.45) is 5.18. The molecule has 0 aliphatic heterocycles. The number of terminal acetylenes is 1. The zero-order chi connectivity index (χ0) is 7.56. The zero-order valence-corrected chi connectivity index (χ0v) is 7.42.